The third-order valence-corrected chi connectivity index (χ3v) is 9.33. The lowest BCUT2D eigenvalue weighted by Crippen LogP contribution is -2.42. The molecule has 2 atom stereocenters. The summed E-state index contributed by atoms with van der Waals surface area (Å²) >= 11 is 12.6. The van der Waals surface area contributed by atoms with Crippen molar-refractivity contribution in [1.82, 2.24) is 19.6 Å². The highest BCUT2D eigenvalue weighted by Crippen LogP contribution is 2.50. The van der Waals surface area contributed by atoms with Gasteiger partial charge in [0, 0.05) is 31.0 Å². The molecule has 1 aromatic heterocycles. The van der Waals surface area contributed by atoms with E-state index >= 15 is 0 Å². The van der Waals surface area contributed by atoms with Gasteiger partial charge in [0.15, 0.2) is 5.03 Å². The summed E-state index contributed by atoms with van der Waals surface area (Å²) in [5, 5.41) is 3.16. The van der Waals surface area contributed by atoms with Gasteiger partial charge in [-0.05, 0) is 36.8 Å². The Bertz CT molecular complexity index is 1140. The summed E-state index contributed by atoms with van der Waals surface area (Å²) in [4.78, 5) is 21.0. The lowest BCUT2D eigenvalue weighted by atomic mass is 9.76. The first-order chi connectivity index (χ1) is 15.6. The summed E-state index contributed by atoms with van der Waals surface area (Å²) in [5.74, 6) is -1.44. The van der Waals surface area contributed by atoms with Crippen LogP contribution in [-0.2, 0) is 14.8 Å². The molecule has 178 valence electrons. The number of carbonyl (C=O) groups is 1. The molecule has 1 aliphatic carbocycles. The van der Waals surface area contributed by atoms with Crippen molar-refractivity contribution in [3.63, 3.8) is 0 Å². The predicted octanol–water partition coefficient (Wildman–Crippen LogP) is 4.37. The number of sulfonamides is 1. The lowest BCUT2D eigenvalue weighted by Gasteiger charge is -2.36. The quantitative estimate of drug-likeness (QED) is 0.577. The molecule has 1 N–H and O–H groups in total. The Kier molecular flexibility index (Phi) is 6.96. The van der Waals surface area contributed by atoms with Gasteiger partial charge in [-0.15, -0.1) is 0 Å². The Balaban J connectivity index is 1.57. The van der Waals surface area contributed by atoms with E-state index in [9.17, 15) is 17.6 Å². The van der Waals surface area contributed by atoms with Gasteiger partial charge in [0.25, 0.3) is 10.0 Å². The number of benzene rings is 1. The van der Waals surface area contributed by atoms with Crippen LogP contribution in [0.25, 0.3) is 0 Å². The van der Waals surface area contributed by atoms with Gasteiger partial charge in [0.05, 0.1) is 28.2 Å². The zero-order chi connectivity index (χ0) is 23.8. The van der Waals surface area contributed by atoms with Crippen molar-refractivity contribution in [2.24, 2.45) is 11.3 Å². The van der Waals surface area contributed by atoms with Gasteiger partial charge in [0.1, 0.15) is 5.82 Å². The first-order valence-electron chi connectivity index (χ1n) is 10.8. The number of nitrogens with zero attached hydrogens (tertiary/aromatic N) is 3. The Morgan fingerprint density at radius 2 is 2.00 bits per heavy atom. The van der Waals surface area contributed by atoms with E-state index in [2.05, 4.69) is 15.3 Å². The zero-order valence-corrected chi connectivity index (χ0v) is 20.4. The summed E-state index contributed by atoms with van der Waals surface area (Å²) in [7, 11) is -3.85. The molecular weight excluding hydrogens is 490 g/mol. The molecule has 1 aromatic carbocycles. The van der Waals surface area contributed by atoms with E-state index in [0.717, 1.165) is 25.7 Å². The molecule has 0 unspecified atom stereocenters. The first kappa shape index (κ1) is 24.3. The van der Waals surface area contributed by atoms with Crippen molar-refractivity contribution in [3.8, 4) is 0 Å². The topological polar surface area (TPSA) is 92.3 Å². The number of aromatic nitrogens is 2. The Morgan fingerprint density at radius 3 is 2.67 bits per heavy atom. The van der Waals surface area contributed by atoms with Gasteiger partial charge in [-0.1, -0.05) is 43.0 Å². The maximum Gasteiger partial charge on any atom is 0.262 e. The van der Waals surface area contributed by atoms with E-state index in [-0.39, 0.29) is 39.6 Å². The van der Waals surface area contributed by atoms with Crippen molar-refractivity contribution in [1.29, 1.82) is 0 Å². The van der Waals surface area contributed by atoms with Crippen LogP contribution in [0.2, 0.25) is 10.0 Å². The molecule has 2 fully saturated rings. The van der Waals surface area contributed by atoms with E-state index in [1.54, 1.807) is 0 Å². The molecular formula is C22H25Cl2FN4O3S. The molecule has 1 aliphatic heterocycles. The minimum absolute atomic E-state index is 0.0138. The van der Waals surface area contributed by atoms with Gasteiger partial charge in [0.2, 0.25) is 5.91 Å². The van der Waals surface area contributed by atoms with Gasteiger partial charge in [-0.3, -0.25) is 9.78 Å². The fourth-order valence-electron chi connectivity index (χ4n) is 4.85. The molecule has 0 bridgehead atoms. The van der Waals surface area contributed by atoms with E-state index < -0.39 is 33.2 Å². The smallest absolute Gasteiger partial charge is 0.262 e. The van der Waals surface area contributed by atoms with Crippen LogP contribution >= 0.6 is 23.2 Å². The van der Waals surface area contributed by atoms with E-state index in [4.69, 9.17) is 23.2 Å². The standard InChI is InChI=1S/C22H25Cl2FN4O3S/c1-22(7-2-3-8-22)20(18-16(25)5-4-15(23)19(18)24)28-21(30)14-6-11-29(13-14)33(31,32)17-12-26-9-10-27-17/h4-5,9-10,12,14,20H,2-3,6-8,11,13H2,1H3,(H,28,30)/t14-,20+/m0/s1. The van der Waals surface area contributed by atoms with Crippen LogP contribution in [0, 0.1) is 17.2 Å². The van der Waals surface area contributed by atoms with Crippen LogP contribution in [0.5, 0.6) is 0 Å². The third kappa shape index (κ3) is 4.73. The van der Waals surface area contributed by atoms with E-state index in [0.29, 0.717) is 6.42 Å². The normalized spacial score (nSPS) is 21.8. The Morgan fingerprint density at radius 1 is 1.27 bits per heavy atom. The molecule has 0 spiro atoms. The minimum atomic E-state index is -3.85. The van der Waals surface area contributed by atoms with Crippen molar-refractivity contribution < 1.29 is 17.6 Å². The van der Waals surface area contributed by atoms with Gasteiger partial charge in [-0.2, -0.15) is 4.31 Å². The molecule has 2 aromatic rings. The largest absolute Gasteiger partial charge is 0.348 e. The SMILES string of the molecule is CC1([C@H](NC(=O)[C@H]2CCN(S(=O)(=O)c3cnccn3)C2)c2c(F)ccc(Cl)c2Cl)CCCC1. The second kappa shape index (κ2) is 9.44. The maximum absolute atomic E-state index is 14.9. The average Bonchev–Trinajstić information content (AvgIpc) is 3.47. The Hall–Kier alpha value is -1.81. The molecule has 4 rings (SSSR count). The summed E-state index contributed by atoms with van der Waals surface area (Å²) in [6.07, 6.45) is 7.78. The van der Waals surface area contributed by atoms with Gasteiger partial charge >= 0.3 is 0 Å². The highest BCUT2D eigenvalue weighted by atomic mass is 35.5. The minimum Gasteiger partial charge on any atom is -0.348 e. The first-order valence-corrected chi connectivity index (χ1v) is 13.0. The molecule has 1 saturated heterocycles. The van der Waals surface area contributed by atoms with Gasteiger partial charge < -0.3 is 5.32 Å². The fraction of sp³-hybridized carbons (Fsp3) is 0.500. The third-order valence-electron chi connectivity index (χ3n) is 6.76. The Labute approximate surface area is 202 Å². The molecule has 2 aliphatic rings. The van der Waals surface area contributed by atoms with E-state index in [1.807, 2.05) is 6.92 Å². The van der Waals surface area contributed by atoms with Gasteiger partial charge in [-0.25, -0.2) is 17.8 Å². The molecule has 1 saturated carbocycles. The molecule has 33 heavy (non-hydrogen) atoms. The maximum atomic E-state index is 14.9. The summed E-state index contributed by atoms with van der Waals surface area (Å²) in [6, 6.07) is 1.97. The van der Waals surface area contributed by atoms with Crippen LogP contribution in [0.1, 0.15) is 50.6 Å². The zero-order valence-electron chi connectivity index (χ0n) is 18.1. The summed E-state index contributed by atoms with van der Waals surface area (Å²) in [5.41, 5.74) is -0.210. The second-order valence-electron chi connectivity index (χ2n) is 8.95. The van der Waals surface area contributed by atoms with Crippen molar-refractivity contribution in [2.75, 3.05) is 13.1 Å². The monoisotopic (exact) mass is 514 g/mol. The highest BCUT2D eigenvalue weighted by Gasteiger charge is 2.43. The molecule has 0 radical (unpaired) electrons. The summed E-state index contributed by atoms with van der Waals surface area (Å²) < 4.78 is 41.9. The van der Waals surface area contributed by atoms with Crippen molar-refractivity contribution in [2.45, 2.75) is 50.1 Å². The van der Waals surface area contributed by atoms with E-state index in [1.165, 1.54) is 35.0 Å². The number of hydrogen-bond acceptors (Lipinski definition) is 5. The number of hydrogen-bond donors (Lipinski definition) is 1. The van der Waals surface area contributed by atoms with Crippen molar-refractivity contribution in [3.05, 3.63) is 52.1 Å². The molecule has 11 heteroatoms. The van der Waals surface area contributed by atoms with Crippen LogP contribution in [-0.4, -0.2) is 41.7 Å². The van der Waals surface area contributed by atoms with Crippen LogP contribution in [0.15, 0.2) is 35.7 Å². The van der Waals surface area contributed by atoms with Crippen LogP contribution < -0.4 is 5.32 Å². The fourth-order valence-corrected chi connectivity index (χ4v) is 6.65. The summed E-state index contributed by atoms with van der Waals surface area (Å²) in [6.45, 7) is 2.21. The number of carbonyl (C=O) groups excluding carboxylic acids is 1. The van der Waals surface area contributed by atoms with Crippen molar-refractivity contribution >= 4 is 39.1 Å². The van der Waals surface area contributed by atoms with Crippen LogP contribution in [0.3, 0.4) is 0 Å². The lowest BCUT2D eigenvalue weighted by molar-refractivity contribution is -0.126. The predicted molar refractivity (Wildman–Crippen MR) is 123 cm³/mol. The number of rotatable bonds is 6. The van der Waals surface area contributed by atoms with Crippen LogP contribution in [0.4, 0.5) is 4.39 Å². The number of nitrogens with one attached hydrogen (secondary N) is 1. The number of halogens is 3. The second-order valence-corrected chi connectivity index (χ2v) is 11.6. The highest BCUT2D eigenvalue weighted by molar-refractivity contribution is 7.89. The molecule has 2 heterocycles. The molecule has 1 amide bonds. The number of amides is 1. The average molecular weight is 515 g/mol. The molecule has 7 nitrogen and oxygen atoms in total.